The number of terminal acetylenes is 1. The second-order valence-electron chi connectivity index (χ2n) is 15.2. The summed E-state index contributed by atoms with van der Waals surface area (Å²) < 4.78 is 115. The predicted octanol–water partition coefficient (Wildman–Crippen LogP) is 6.61. The molecule has 5 aromatic rings. The van der Waals surface area contributed by atoms with Crippen molar-refractivity contribution in [2.45, 2.75) is 67.9 Å². The normalized spacial score (nSPS) is 25.9. The van der Waals surface area contributed by atoms with Gasteiger partial charge in [-0.05, 0) is 55.8 Å². The monoisotopic (exact) mass is 794 g/mol. The highest BCUT2D eigenvalue weighted by molar-refractivity contribution is 6.03. The van der Waals surface area contributed by atoms with E-state index < -0.39 is 40.5 Å². The Balaban J connectivity index is 1.07. The molecule has 0 spiro atoms. The van der Waals surface area contributed by atoms with E-state index in [9.17, 15) is 22.7 Å². The first-order valence-corrected chi connectivity index (χ1v) is 18.3. The van der Waals surface area contributed by atoms with Gasteiger partial charge in [-0.2, -0.15) is 28.2 Å². The van der Waals surface area contributed by atoms with Gasteiger partial charge in [-0.25, -0.2) is 22.9 Å². The van der Waals surface area contributed by atoms with Gasteiger partial charge in [0.15, 0.2) is 17.4 Å². The lowest BCUT2D eigenvalue weighted by Gasteiger charge is -2.40. The number of piperazine rings is 1. The summed E-state index contributed by atoms with van der Waals surface area (Å²) in [5.41, 5.74) is -2.34. The molecule has 4 saturated heterocycles. The van der Waals surface area contributed by atoms with Crippen LogP contribution in [0.2, 0.25) is 0 Å². The molecule has 0 saturated carbocycles. The molecule has 9 rings (SSSR count). The lowest BCUT2D eigenvalue weighted by Crippen LogP contribution is -2.62. The number of hydrogen-bond donors (Lipinski definition) is 2. The van der Waals surface area contributed by atoms with Crippen molar-refractivity contribution in [1.82, 2.24) is 35.4 Å². The van der Waals surface area contributed by atoms with Gasteiger partial charge in [-0.15, -0.1) is 11.5 Å². The number of phenols is 1. The number of pyridine rings is 1. The van der Waals surface area contributed by atoms with Crippen molar-refractivity contribution in [3.05, 3.63) is 65.5 Å². The van der Waals surface area contributed by atoms with Gasteiger partial charge >= 0.3 is 12.2 Å². The van der Waals surface area contributed by atoms with Crippen molar-refractivity contribution < 1.29 is 45.3 Å². The minimum atomic E-state index is -4.61. The van der Waals surface area contributed by atoms with Crippen LogP contribution >= 0.6 is 0 Å². The molecule has 0 aliphatic carbocycles. The van der Waals surface area contributed by atoms with Crippen molar-refractivity contribution in [1.29, 1.82) is 0 Å². The summed E-state index contributed by atoms with van der Waals surface area (Å²) in [5.74, 6) is -4.14. The van der Waals surface area contributed by atoms with E-state index in [2.05, 4.69) is 41.3 Å². The Kier molecular flexibility index (Phi) is 8.63. The molecule has 296 valence electrons. The molecule has 18 heteroatoms. The molecule has 4 atom stereocenters. The fraction of sp³-hybridized carbons (Fsp3) is 0.410. The summed E-state index contributed by atoms with van der Waals surface area (Å²) in [7, 11) is 0. The van der Waals surface area contributed by atoms with Crippen LogP contribution in [0.1, 0.15) is 49.7 Å². The van der Waals surface area contributed by atoms with Crippen LogP contribution in [0.4, 0.5) is 36.6 Å². The van der Waals surface area contributed by atoms with Crippen LogP contribution in [0, 0.1) is 24.0 Å². The molecule has 57 heavy (non-hydrogen) atoms. The van der Waals surface area contributed by atoms with E-state index in [1.54, 1.807) is 0 Å². The standard InChI is InChI=1S/C39H33F7N8O3/c1-2-25-28(40)5-4-21-12-24(55)14-26(30(21)25)32-31(41)33-27(16-47-32)34(53-18-37(42)9-10-38(43,19-53)52-37)50-35(49-33)57-20-36-7-3-11-54(36)23(6-8-36)17-56-29-13-22(15-48-51-29)39(44,45)46/h1,4-5,12-16,23,52,55H,3,6-11,17-20H2/t23-,36-,37?,38?/m0/s1. The number of phenolic OH excluding ortho intramolecular Hbond substituents is 1. The number of benzene rings is 2. The fourth-order valence-electron chi connectivity index (χ4n) is 8.98. The molecule has 7 heterocycles. The van der Waals surface area contributed by atoms with Gasteiger partial charge in [-0.1, -0.05) is 12.0 Å². The van der Waals surface area contributed by atoms with Gasteiger partial charge in [0, 0.05) is 42.1 Å². The Morgan fingerprint density at radius 3 is 2.54 bits per heavy atom. The smallest absolute Gasteiger partial charge is 0.418 e. The number of halogens is 7. The van der Waals surface area contributed by atoms with Gasteiger partial charge in [0.1, 0.15) is 41.8 Å². The molecule has 4 aliphatic rings. The summed E-state index contributed by atoms with van der Waals surface area (Å²) in [4.78, 5) is 16.9. The molecule has 2 aromatic carbocycles. The van der Waals surface area contributed by atoms with Crippen molar-refractivity contribution in [2.75, 3.05) is 37.7 Å². The summed E-state index contributed by atoms with van der Waals surface area (Å²) in [6.45, 7) is 0.0933. The summed E-state index contributed by atoms with van der Waals surface area (Å²) >= 11 is 0. The maximum Gasteiger partial charge on any atom is 0.418 e. The number of hydrogen-bond acceptors (Lipinski definition) is 11. The minimum Gasteiger partial charge on any atom is -0.508 e. The maximum absolute atomic E-state index is 17.0. The van der Waals surface area contributed by atoms with E-state index in [-0.39, 0.29) is 102 Å². The number of aromatic hydroxyl groups is 1. The largest absolute Gasteiger partial charge is 0.508 e. The van der Waals surface area contributed by atoms with E-state index >= 15 is 13.2 Å². The van der Waals surface area contributed by atoms with Crippen LogP contribution in [0.3, 0.4) is 0 Å². The van der Waals surface area contributed by atoms with E-state index in [0.29, 0.717) is 37.4 Å². The molecule has 2 unspecified atom stereocenters. The van der Waals surface area contributed by atoms with Gasteiger partial charge in [0.05, 0.1) is 41.3 Å². The van der Waals surface area contributed by atoms with Crippen LogP contribution in [-0.4, -0.2) is 91.2 Å². The number of rotatable bonds is 8. The fourth-order valence-corrected chi connectivity index (χ4v) is 8.98. The Hall–Kier alpha value is -5.54. The highest BCUT2D eigenvalue weighted by atomic mass is 19.4. The van der Waals surface area contributed by atoms with E-state index in [0.717, 1.165) is 18.6 Å². The Labute approximate surface area is 320 Å². The SMILES string of the molecule is C#Cc1c(F)ccc2cc(O)cc(-c3ncc4c(N5CC6(F)CCC(F)(C5)N6)nc(OC[C@@]56CCCN5[C@H](COc5cc(C(F)(F)F)cnn5)CC6)nc4c3F)c12. The Morgan fingerprint density at radius 1 is 1.00 bits per heavy atom. The molecular weight excluding hydrogens is 761 g/mol. The predicted molar refractivity (Wildman–Crippen MR) is 192 cm³/mol. The molecule has 11 nitrogen and oxygen atoms in total. The third-order valence-electron chi connectivity index (χ3n) is 11.5. The number of aromatic nitrogens is 5. The third kappa shape index (κ3) is 6.46. The summed E-state index contributed by atoms with van der Waals surface area (Å²) in [5, 5.41) is 20.6. The molecular formula is C39H33F7N8O3. The quantitative estimate of drug-likeness (QED) is 0.100. The number of anilines is 1. The van der Waals surface area contributed by atoms with E-state index in [1.807, 2.05) is 0 Å². The zero-order chi connectivity index (χ0) is 39.9. The first kappa shape index (κ1) is 37.1. The second-order valence-corrected chi connectivity index (χ2v) is 15.2. The number of ether oxygens (including phenoxy) is 2. The van der Waals surface area contributed by atoms with Crippen LogP contribution < -0.4 is 19.7 Å². The summed E-state index contributed by atoms with van der Waals surface area (Å²) in [6.07, 6.45) is 5.48. The van der Waals surface area contributed by atoms with Crippen molar-refractivity contribution in [2.24, 2.45) is 0 Å². The first-order valence-electron chi connectivity index (χ1n) is 18.3. The van der Waals surface area contributed by atoms with E-state index in [1.165, 1.54) is 29.3 Å². The molecule has 2 bridgehead atoms. The van der Waals surface area contributed by atoms with Crippen LogP contribution in [0.15, 0.2) is 42.7 Å². The molecule has 2 N–H and O–H groups in total. The molecule has 0 amide bonds. The van der Waals surface area contributed by atoms with Gasteiger partial charge in [0.2, 0.25) is 5.88 Å². The lowest BCUT2D eigenvalue weighted by atomic mass is 9.95. The topological polar surface area (TPSA) is 122 Å². The number of nitrogens with zero attached hydrogens (tertiary/aromatic N) is 7. The molecule has 4 fully saturated rings. The minimum absolute atomic E-state index is 0.0130. The van der Waals surface area contributed by atoms with Crippen LogP contribution in [-0.2, 0) is 6.18 Å². The summed E-state index contributed by atoms with van der Waals surface area (Å²) in [6, 6.07) is 5.42. The maximum atomic E-state index is 17.0. The molecule has 0 radical (unpaired) electrons. The number of nitrogens with one attached hydrogen (secondary N) is 1. The van der Waals surface area contributed by atoms with Crippen molar-refractivity contribution >= 4 is 27.5 Å². The number of fused-ring (bicyclic) bond motifs is 5. The van der Waals surface area contributed by atoms with E-state index in [4.69, 9.17) is 15.9 Å². The zero-order valence-electron chi connectivity index (χ0n) is 30.0. The molecule has 3 aromatic heterocycles. The van der Waals surface area contributed by atoms with Crippen molar-refractivity contribution in [3.63, 3.8) is 0 Å². The van der Waals surface area contributed by atoms with Crippen LogP contribution in [0.25, 0.3) is 32.9 Å². The van der Waals surface area contributed by atoms with Crippen molar-refractivity contribution in [3.8, 4) is 41.2 Å². The first-order chi connectivity index (χ1) is 27.2. The highest BCUT2D eigenvalue weighted by Gasteiger charge is 2.55. The molecule has 4 aliphatic heterocycles. The van der Waals surface area contributed by atoms with Gasteiger partial charge < -0.3 is 19.5 Å². The van der Waals surface area contributed by atoms with Gasteiger partial charge in [-0.3, -0.25) is 9.88 Å². The average Bonchev–Trinajstić information content (AvgIpc) is 3.81. The average molecular weight is 795 g/mol. The Morgan fingerprint density at radius 2 is 1.79 bits per heavy atom. The highest BCUT2D eigenvalue weighted by Crippen LogP contribution is 2.45. The van der Waals surface area contributed by atoms with Gasteiger partial charge in [0.25, 0.3) is 0 Å². The zero-order valence-corrected chi connectivity index (χ0v) is 30.0. The third-order valence-corrected chi connectivity index (χ3v) is 11.5. The Bertz CT molecular complexity index is 2470. The number of alkyl halides is 5. The van der Waals surface area contributed by atoms with Crippen LogP contribution in [0.5, 0.6) is 17.6 Å². The lowest BCUT2D eigenvalue weighted by molar-refractivity contribution is -0.138. The second kappa shape index (κ2) is 13.3.